The molecule has 0 amide bonds. The Kier molecular flexibility index (Phi) is 6.51. The van der Waals surface area contributed by atoms with E-state index in [4.69, 9.17) is 4.74 Å². The molecule has 0 aliphatic rings. The molecule has 2 heteroatoms. The zero-order valence-corrected chi connectivity index (χ0v) is 12.0. The highest BCUT2D eigenvalue weighted by atomic mass is 16.5. The highest BCUT2D eigenvalue weighted by Gasteiger charge is 2.05. The number of allylic oxidation sites excluding steroid dienone is 1. The first kappa shape index (κ1) is 14.8. The van der Waals surface area contributed by atoms with Gasteiger partial charge >= 0.3 is 0 Å². The number of ether oxygens (including phenoxy) is 1. The lowest BCUT2D eigenvalue weighted by molar-refractivity contribution is -0.858. The van der Waals surface area contributed by atoms with Crippen molar-refractivity contribution in [3.8, 4) is 5.75 Å². The monoisotopic (exact) mass is 248 g/mol. The van der Waals surface area contributed by atoms with Crippen LogP contribution in [0.5, 0.6) is 5.75 Å². The Bertz CT molecular complexity index is 371. The third kappa shape index (κ3) is 4.92. The second-order valence-corrected chi connectivity index (χ2v) is 5.07. The van der Waals surface area contributed by atoms with Crippen molar-refractivity contribution in [2.45, 2.75) is 26.2 Å². The number of aryl methyl sites for hydroxylation is 1. The van der Waals surface area contributed by atoms with E-state index >= 15 is 0 Å². The van der Waals surface area contributed by atoms with E-state index in [9.17, 15) is 0 Å². The second kappa shape index (κ2) is 7.93. The average Bonchev–Trinajstić information content (AvgIpc) is 2.32. The number of benzene rings is 1. The average molecular weight is 248 g/mol. The zero-order valence-electron chi connectivity index (χ0n) is 12.0. The zero-order chi connectivity index (χ0) is 13.4. The van der Waals surface area contributed by atoms with E-state index in [0.29, 0.717) is 0 Å². The maximum atomic E-state index is 5.95. The van der Waals surface area contributed by atoms with Gasteiger partial charge in [-0.2, -0.15) is 0 Å². The van der Waals surface area contributed by atoms with Gasteiger partial charge in [0.05, 0.1) is 27.2 Å². The molecule has 0 atom stereocenters. The standard InChI is InChI=1S/C16H25NO/c1-5-9-15-11-8-10-14(2)16(15)18-13-7-6-12-17(3)4/h5,8,10-11H,1,6-7,9,12-13H2,2-4H3/p+1. The summed E-state index contributed by atoms with van der Waals surface area (Å²) in [7, 11) is 4.37. The molecule has 0 heterocycles. The lowest BCUT2D eigenvalue weighted by atomic mass is 10.1. The summed E-state index contributed by atoms with van der Waals surface area (Å²) in [6.07, 6.45) is 5.13. The molecule has 0 fully saturated rings. The normalized spacial score (nSPS) is 10.7. The fourth-order valence-corrected chi connectivity index (χ4v) is 1.99. The maximum absolute atomic E-state index is 5.95. The van der Waals surface area contributed by atoms with Gasteiger partial charge in [-0.05, 0) is 37.3 Å². The molecule has 0 aromatic heterocycles. The Morgan fingerprint density at radius 1 is 1.28 bits per heavy atom. The predicted octanol–water partition coefficient (Wildman–Crippen LogP) is 2.03. The summed E-state index contributed by atoms with van der Waals surface area (Å²) >= 11 is 0. The van der Waals surface area contributed by atoms with Crippen LogP contribution in [-0.2, 0) is 6.42 Å². The van der Waals surface area contributed by atoms with Gasteiger partial charge in [-0.3, -0.25) is 0 Å². The van der Waals surface area contributed by atoms with Crippen LogP contribution in [0.3, 0.4) is 0 Å². The number of nitrogens with one attached hydrogen (secondary N) is 1. The molecule has 0 unspecified atom stereocenters. The Morgan fingerprint density at radius 3 is 2.72 bits per heavy atom. The van der Waals surface area contributed by atoms with Crippen molar-refractivity contribution < 1.29 is 9.64 Å². The summed E-state index contributed by atoms with van der Waals surface area (Å²) in [4.78, 5) is 1.50. The Balaban J connectivity index is 2.47. The Morgan fingerprint density at radius 2 is 2.06 bits per heavy atom. The van der Waals surface area contributed by atoms with Gasteiger partial charge in [0.25, 0.3) is 0 Å². The van der Waals surface area contributed by atoms with Gasteiger partial charge in [-0.25, -0.2) is 0 Å². The Labute approximate surface area is 111 Å². The van der Waals surface area contributed by atoms with Crippen LogP contribution < -0.4 is 9.64 Å². The summed E-state index contributed by atoms with van der Waals surface area (Å²) in [5.74, 6) is 1.05. The minimum Gasteiger partial charge on any atom is -0.493 e. The first-order chi connectivity index (χ1) is 8.65. The molecule has 0 saturated carbocycles. The van der Waals surface area contributed by atoms with Crippen LogP contribution in [0.2, 0.25) is 0 Å². The first-order valence-electron chi connectivity index (χ1n) is 6.76. The molecule has 0 aliphatic carbocycles. The van der Waals surface area contributed by atoms with Gasteiger partial charge in [-0.1, -0.05) is 24.3 Å². The SMILES string of the molecule is C=CCc1cccc(C)c1OCCCC[NH+](C)C. The summed E-state index contributed by atoms with van der Waals surface area (Å²) < 4.78 is 5.95. The molecule has 2 nitrogen and oxygen atoms in total. The third-order valence-electron chi connectivity index (χ3n) is 2.98. The van der Waals surface area contributed by atoms with Crippen molar-refractivity contribution in [2.75, 3.05) is 27.2 Å². The molecule has 100 valence electrons. The molecular weight excluding hydrogens is 222 g/mol. The minimum atomic E-state index is 0.808. The van der Waals surface area contributed by atoms with Crippen molar-refractivity contribution in [3.63, 3.8) is 0 Å². The van der Waals surface area contributed by atoms with Gasteiger partial charge in [0.2, 0.25) is 0 Å². The molecule has 0 aliphatic heterocycles. The van der Waals surface area contributed by atoms with Crippen LogP contribution in [0.15, 0.2) is 30.9 Å². The van der Waals surface area contributed by atoms with Crippen molar-refractivity contribution in [2.24, 2.45) is 0 Å². The topological polar surface area (TPSA) is 13.7 Å². The number of unbranched alkanes of at least 4 members (excludes halogenated alkanes) is 1. The van der Waals surface area contributed by atoms with Crippen molar-refractivity contribution >= 4 is 0 Å². The third-order valence-corrected chi connectivity index (χ3v) is 2.98. The highest BCUT2D eigenvalue weighted by molar-refractivity contribution is 5.41. The van der Waals surface area contributed by atoms with Crippen LogP contribution >= 0.6 is 0 Å². The molecule has 18 heavy (non-hydrogen) atoms. The summed E-state index contributed by atoms with van der Waals surface area (Å²) in [6.45, 7) is 7.91. The summed E-state index contributed by atoms with van der Waals surface area (Å²) in [5, 5.41) is 0. The fourth-order valence-electron chi connectivity index (χ4n) is 1.99. The number of rotatable bonds is 8. The van der Waals surface area contributed by atoms with Gasteiger partial charge < -0.3 is 9.64 Å². The van der Waals surface area contributed by atoms with E-state index < -0.39 is 0 Å². The Hall–Kier alpha value is -1.28. The molecule has 0 spiro atoms. The summed E-state index contributed by atoms with van der Waals surface area (Å²) in [5.41, 5.74) is 2.45. The molecule has 1 N–H and O–H groups in total. The lowest BCUT2D eigenvalue weighted by Gasteiger charge is -2.13. The summed E-state index contributed by atoms with van der Waals surface area (Å²) in [6, 6.07) is 6.30. The minimum absolute atomic E-state index is 0.808. The van der Waals surface area contributed by atoms with Crippen LogP contribution in [0.25, 0.3) is 0 Å². The predicted molar refractivity (Wildman–Crippen MR) is 77.5 cm³/mol. The highest BCUT2D eigenvalue weighted by Crippen LogP contribution is 2.24. The van der Waals surface area contributed by atoms with E-state index in [1.54, 1.807) is 0 Å². The van der Waals surface area contributed by atoms with Gasteiger partial charge in [0.1, 0.15) is 5.75 Å². The van der Waals surface area contributed by atoms with Crippen molar-refractivity contribution in [1.29, 1.82) is 0 Å². The van der Waals surface area contributed by atoms with E-state index in [-0.39, 0.29) is 0 Å². The largest absolute Gasteiger partial charge is 0.493 e. The van der Waals surface area contributed by atoms with Crippen LogP contribution in [0, 0.1) is 6.92 Å². The maximum Gasteiger partial charge on any atom is 0.125 e. The molecule has 1 aromatic carbocycles. The van der Waals surface area contributed by atoms with E-state index in [0.717, 1.165) is 25.2 Å². The number of hydrogen-bond acceptors (Lipinski definition) is 1. The smallest absolute Gasteiger partial charge is 0.125 e. The van der Waals surface area contributed by atoms with Gasteiger partial charge in [0, 0.05) is 0 Å². The first-order valence-corrected chi connectivity index (χ1v) is 6.76. The van der Waals surface area contributed by atoms with Crippen molar-refractivity contribution in [3.05, 3.63) is 42.0 Å². The van der Waals surface area contributed by atoms with E-state index in [1.165, 1.54) is 29.0 Å². The fraction of sp³-hybridized carbons (Fsp3) is 0.500. The van der Waals surface area contributed by atoms with Gasteiger partial charge in [-0.15, -0.1) is 6.58 Å². The molecule has 1 rings (SSSR count). The quantitative estimate of drug-likeness (QED) is 0.549. The number of para-hydroxylation sites is 1. The number of hydrogen-bond donors (Lipinski definition) is 1. The van der Waals surface area contributed by atoms with Crippen LogP contribution in [0.1, 0.15) is 24.0 Å². The molecule has 0 saturated heterocycles. The van der Waals surface area contributed by atoms with Crippen LogP contribution in [0.4, 0.5) is 0 Å². The van der Waals surface area contributed by atoms with E-state index in [1.807, 2.05) is 6.08 Å². The van der Waals surface area contributed by atoms with Crippen molar-refractivity contribution in [1.82, 2.24) is 0 Å². The molecule has 0 radical (unpaired) electrons. The van der Waals surface area contributed by atoms with Gasteiger partial charge in [0.15, 0.2) is 0 Å². The van der Waals surface area contributed by atoms with Crippen LogP contribution in [-0.4, -0.2) is 27.2 Å². The molecular formula is C16H26NO+. The molecule has 1 aromatic rings. The number of quaternary nitrogens is 1. The second-order valence-electron chi connectivity index (χ2n) is 5.07. The molecule has 0 bridgehead atoms. The lowest BCUT2D eigenvalue weighted by Crippen LogP contribution is -3.05. The van der Waals surface area contributed by atoms with E-state index in [2.05, 4.69) is 45.8 Å².